The van der Waals surface area contributed by atoms with Crippen LogP contribution in [-0.4, -0.2) is 16.3 Å². The van der Waals surface area contributed by atoms with Crippen molar-refractivity contribution in [2.24, 2.45) is 0 Å². The van der Waals surface area contributed by atoms with E-state index in [1.54, 1.807) is 24.5 Å². The monoisotopic (exact) mass is 340 g/mol. The zero-order chi connectivity index (χ0) is 17.3. The number of pyridine rings is 1. The predicted molar refractivity (Wildman–Crippen MR) is 95.9 cm³/mol. The summed E-state index contributed by atoms with van der Waals surface area (Å²) in [6.45, 7) is 3.83. The molecule has 0 saturated heterocycles. The summed E-state index contributed by atoms with van der Waals surface area (Å²) in [5.74, 6) is 1.36. The van der Waals surface area contributed by atoms with Crippen LogP contribution in [0.2, 0.25) is 5.02 Å². The summed E-state index contributed by atoms with van der Waals surface area (Å²) in [6, 6.07) is 10.7. The highest BCUT2D eigenvalue weighted by Gasteiger charge is 2.25. The predicted octanol–water partition coefficient (Wildman–Crippen LogP) is 5.29. The van der Waals surface area contributed by atoms with Gasteiger partial charge in [0.15, 0.2) is 0 Å². The minimum absolute atomic E-state index is 0.0175. The van der Waals surface area contributed by atoms with Crippen molar-refractivity contribution >= 4 is 17.8 Å². The van der Waals surface area contributed by atoms with Gasteiger partial charge in [-0.3, -0.25) is 4.98 Å². The third-order valence-corrected chi connectivity index (χ3v) is 4.25. The highest BCUT2D eigenvalue weighted by atomic mass is 35.5. The van der Waals surface area contributed by atoms with Gasteiger partial charge in [0.2, 0.25) is 0 Å². The van der Waals surface area contributed by atoms with Gasteiger partial charge < -0.3 is 14.9 Å². The van der Waals surface area contributed by atoms with E-state index < -0.39 is 5.41 Å². The Kier molecular flexibility index (Phi) is 4.16. The number of hydrogen-bond acceptors (Lipinski definition) is 4. The topological polar surface area (TPSA) is 70.1 Å². The molecule has 0 aliphatic carbocycles. The normalized spacial score (nSPS) is 11.5. The van der Waals surface area contributed by atoms with E-state index in [9.17, 15) is 5.11 Å². The van der Waals surface area contributed by atoms with E-state index in [1.807, 2.05) is 38.1 Å². The molecule has 0 fully saturated rings. The van der Waals surface area contributed by atoms with Gasteiger partial charge >= 0.3 is 0 Å². The summed E-state index contributed by atoms with van der Waals surface area (Å²) < 4.78 is 6.09. The molecular formula is C19H17ClN2O2. The fraction of sp³-hybridized carbons (Fsp3) is 0.158. The Bertz CT molecular complexity index is 886. The van der Waals surface area contributed by atoms with Gasteiger partial charge in [-0.25, -0.2) is 0 Å². The quantitative estimate of drug-likeness (QED) is 0.633. The molecule has 122 valence electrons. The maximum atomic E-state index is 9.93. The fourth-order valence-electron chi connectivity index (χ4n) is 2.39. The van der Waals surface area contributed by atoms with Gasteiger partial charge in [0.05, 0.1) is 10.4 Å². The molecule has 4 nitrogen and oxygen atoms in total. The van der Waals surface area contributed by atoms with Crippen LogP contribution in [0, 0.1) is 5.41 Å². The lowest BCUT2D eigenvalue weighted by Crippen LogP contribution is -2.16. The van der Waals surface area contributed by atoms with Crippen LogP contribution in [0.25, 0.3) is 22.5 Å². The Balaban J connectivity index is 2.23. The number of rotatable bonds is 4. The van der Waals surface area contributed by atoms with Gasteiger partial charge in [0.25, 0.3) is 0 Å². The summed E-state index contributed by atoms with van der Waals surface area (Å²) in [7, 11) is 0. The summed E-state index contributed by atoms with van der Waals surface area (Å²) >= 11 is 5.91. The number of halogens is 1. The minimum Gasteiger partial charge on any atom is -0.506 e. The molecule has 0 spiro atoms. The maximum absolute atomic E-state index is 9.93. The number of benzene rings is 1. The van der Waals surface area contributed by atoms with Gasteiger partial charge in [-0.2, -0.15) is 0 Å². The third kappa shape index (κ3) is 2.93. The van der Waals surface area contributed by atoms with Crippen molar-refractivity contribution in [1.82, 2.24) is 4.98 Å². The highest BCUT2D eigenvalue weighted by Crippen LogP contribution is 2.40. The number of phenolic OH excluding ortho intramolecular Hbond substituents is 1. The third-order valence-electron chi connectivity index (χ3n) is 3.93. The van der Waals surface area contributed by atoms with E-state index in [-0.39, 0.29) is 5.75 Å². The Labute approximate surface area is 145 Å². The second-order valence-corrected chi connectivity index (χ2v) is 6.53. The molecule has 0 aliphatic rings. The zero-order valence-electron chi connectivity index (χ0n) is 13.4. The van der Waals surface area contributed by atoms with Crippen LogP contribution in [0.15, 0.2) is 53.2 Å². The van der Waals surface area contributed by atoms with Crippen LogP contribution in [0.5, 0.6) is 5.75 Å². The van der Waals surface area contributed by atoms with E-state index in [1.165, 1.54) is 6.21 Å². The number of nitrogens with one attached hydrogen (secondary N) is 1. The van der Waals surface area contributed by atoms with Crippen molar-refractivity contribution in [2.45, 2.75) is 19.3 Å². The molecule has 0 amide bonds. The number of nitrogens with zero attached hydrogens (tertiary/aromatic N) is 1. The lowest BCUT2D eigenvalue weighted by Gasteiger charge is -2.14. The van der Waals surface area contributed by atoms with Crippen LogP contribution in [0.4, 0.5) is 0 Å². The largest absolute Gasteiger partial charge is 0.506 e. The fourth-order valence-corrected chi connectivity index (χ4v) is 2.51. The Morgan fingerprint density at radius 2 is 1.83 bits per heavy atom. The average Bonchev–Trinajstić information content (AvgIpc) is 3.04. The molecule has 0 saturated carbocycles. The van der Waals surface area contributed by atoms with Crippen molar-refractivity contribution in [3.05, 3.63) is 59.6 Å². The molecule has 0 bridgehead atoms. The lowest BCUT2D eigenvalue weighted by molar-refractivity contribution is 0.466. The highest BCUT2D eigenvalue weighted by molar-refractivity contribution is 6.32. The van der Waals surface area contributed by atoms with E-state index in [0.717, 1.165) is 16.7 Å². The van der Waals surface area contributed by atoms with Gasteiger partial charge in [-0.15, -0.1) is 0 Å². The van der Waals surface area contributed by atoms with Crippen LogP contribution in [0.3, 0.4) is 0 Å². The van der Waals surface area contributed by atoms with Crippen LogP contribution in [0.1, 0.15) is 19.6 Å². The van der Waals surface area contributed by atoms with Gasteiger partial charge in [-0.1, -0.05) is 17.7 Å². The van der Waals surface area contributed by atoms with E-state index >= 15 is 0 Å². The molecule has 3 aromatic rings. The first-order valence-electron chi connectivity index (χ1n) is 7.47. The lowest BCUT2D eigenvalue weighted by atomic mass is 9.91. The van der Waals surface area contributed by atoms with E-state index in [0.29, 0.717) is 16.5 Å². The molecule has 0 unspecified atom stereocenters. The van der Waals surface area contributed by atoms with Crippen molar-refractivity contribution in [2.75, 3.05) is 0 Å². The molecule has 24 heavy (non-hydrogen) atoms. The van der Waals surface area contributed by atoms with Gasteiger partial charge in [-0.05, 0) is 49.7 Å². The molecule has 3 rings (SSSR count). The summed E-state index contributed by atoms with van der Waals surface area (Å²) in [6.07, 6.45) is 4.75. The summed E-state index contributed by atoms with van der Waals surface area (Å²) in [5.41, 5.74) is 1.97. The van der Waals surface area contributed by atoms with E-state index in [4.69, 9.17) is 21.4 Å². The molecule has 2 N–H and O–H groups in total. The molecule has 2 aromatic heterocycles. The standard InChI is InChI=1S/C19H17ClN2O2/c1-19(2,11-21)17-10-14(13-3-4-15(20)16(23)9-13)18(24-17)12-5-7-22-8-6-12/h3-11,21,23H,1-2H3. The van der Waals surface area contributed by atoms with Gasteiger partial charge in [0, 0.05) is 29.7 Å². The number of aromatic hydroxyl groups is 1. The molecule has 5 heteroatoms. The van der Waals surface area contributed by atoms with Crippen LogP contribution in [-0.2, 0) is 5.41 Å². The van der Waals surface area contributed by atoms with Crippen molar-refractivity contribution in [3.8, 4) is 28.2 Å². The summed E-state index contributed by atoms with van der Waals surface area (Å²) in [5, 5.41) is 17.9. The van der Waals surface area contributed by atoms with Crippen molar-refractivity contribution in [1.29, 1.82) is 5.41 Å². The van der Waals surface area contributed by atoms with Gasteiger partial charge in [0.1, 0.15) is 17.3 Å². The molecule has 1 aromatic carbocycles. The summed E-state index contributed by atoms with van der Waals surface area (Å²) in [4.78, 5) is 4.04. The van der Waals surface area contributed by atoms with Crippen molar-refractivity contribution < 1.29 is 9.52 Å². The van der Waals surface area contributed by atoms with E-state index in [2.05, 4.69) is 4.98 Å². The number of phenols is 1. The smallest absolute Gasteiger partial charge is 0.142 e. The first-order chi connectivity index (χ1) is 11.4. The maximum Gasteiger partial charge on any atom is 0.142 e. The van der Waals surface area contributed by atoms with Crippen LogP contribution < -0.4 is 0 Å². The molecule has 0 aliphatic heterocycles. The van der Waals surface area contributed by atoms with Crippen LogP contribution >= 0.6 is 11.6 Å². The average molecular weight is 341 g/mol. The first kappa shape index (κ1) is 16.3. The Hall–Kier alpha value is -2.59. The minimum atomic E-state index is -0.533. The molecule has 0 atom stereocenters. The molecule has 0 radical (unpaired) electrons. The second kappa shape index (κ2) is 6.13. The molecular weight excluding hydrogens is 324 g/mol. The Morgan fingerprint density at radius 3 is 2.46 bits per heavy atom. The first-order valence-corrected chi connectivity index (χ1v) is 7.85. The van der Waals surface area contributed by atoms with Crippen molar-refractivity contribution in [3.63, 3.8) is 0 Å². The number of hydrogen-bond donors (Lipinski definition) is 2. The SMILES string of the molecule is CC(C)(C=N)c1cc(-c2ccc(Cl)c(O)c2)c(-c2ccncc2)o1. The molecule has 2 heterocycles. The number of aromatic nitrogens is 1. The zero-order valence-corrected chi connectivity index (χ0v) is 14.1. The number of furan rings is 1. The Morgan fingerprint density at radius 1 is 1.12 bits per heavy atom. The second-order valence-electron chi connectivity index (χ2n) is 6.12.